The molecule has 1 aromatic rings. The van der Waals surface area contributed by atoms with Crippen LogP contribution in [0.15, 0.2) is 30.3 Å². The van der Waals surface area contributed by atoms with Crippen LogP contribution in [0.25, 0.3) is 0 Å². The summed E-state index contributed by atoms with van der Waals surface area (Å²) in [6, 6.07) is 10.4. The standard InChI is InChI=1S/C15H26O2Si/c1-11(2)15(14(17)12(3)16)18(4,5)13-9-7-6-8-10-13/h6-12,14-17H,1-5H3/t12-,14-,15+/m1/s1. The first kappa shape index (κ1) is 15.4. The summed E-state index contributed by atoms with van der Waals surface area (Å²) in [5.41, 5.74) is 0.153. The first-order valence-corrected chi connectivity index (χ1v) is 9.78. The van der Waals surface area contributed by atoms with Crippen molar-refractivity contribution < 1.29 is 10.2 Å². The molecule has 0 saturated heterocycles. The minimum Gasteiger partial charge on any atom is -0.391 e. The maximum Gasteiger partial charge on any atom is 0.0865 e. The highest BCUT2D eigenvalue weighted by atomic mass is 28.3. The second-order valence-corrected chi connectivity index (χ2v) is 10.8. The zero-order chi connectivity index (χ0) is 13.9. The minimum absolute atomic E-state index is 0.153. The van der Waals surface area contributed by atoms with Gasteiger partial charge in [-0.25, -0.2) is 0 Å². The average molecular weight is 266 g/mol. The molecule has 0 fully saturated rings. The number of hydrogen-bond acceptors (Lipinski definition) is 2. The van der Waals surface area contributed by atoms with E-state index in [1.165, 1.54) is 5.19 Å². The predicted octanol–water partition coefficient (Wildman–Crippen LogP) is 2.37. The Labute approximate surface area is 112 Å². The second-order valence-electron chi connectivity index (χ2n) is 6.09. The summed E-state index contributed by atoms with van der Waals surface area (Å²) >= 11 is 0. The summed E-state index contributed by atoms with van der Waals surface area (Å²) < 4.78 is 0. The monoisotopic (exact) mass is 266 g/mol. The number of rotatable bonds is 5. The van der Waals surface area contributed by atoms with Crippen LogP contribution >= 0.6 is 0 Å². The van der Waals surface area contributed by atoms with Gasteiger partial charge < -0.3 is 10.2 Å². The van der Waals surface area contributed by atoms with Crippen LogP contribution in [0, 0.1) is 5.92 Å². The maximum absolute atomic E-state index is 10.3. The van der Waals surface area contributed by atoms with Gasteiger partial charge in [0.1, 0.15) is 0 Å². The molecule has 0 unspecified atom stereocenters. The maximum atomic E-state index is 10.3. The Bertz CT molecular complexity index is 360. The molecule has 2 nitrogen and oxygen atoms in total. The number of aliphatic hydroxyl groups is 2. The van der Waals surface area contributed by atoms with E-state index in [1.807, 2.05) is 6.07 Å². The summed E-state index contributed by atoms with van der Waals surface area (Å²) in [6.45, 7) is 10.5. The van der Waals surface area contributed by atoms with Crippen molar-refractivity contribution >= 4 is 13.3 Å². The Morgan fingerprint density at radius 2 is 1.44 bits per heavy atom. The van der Waals surface area contributed by atoms with Crippen LogP contribution in [0.3, 0.4) is 0 Å². The van der Waals surface area contributed by atoms with Crippen molar-refractivity contribution in [2.45, 2.75) is 51.6 Å². The lowest BCUT2D eigenvalue weighted by Gasteiger charge is -2.40. The lowest BCUT2D eigenvalue weighted by molar-refractivity contribution is 0.0176. The largest absolute Gasteiger partial charge is 0.391 e. The predicted molar refractivity (Wildman–Crippen MR) is 79.8 cm³/mol. The van der Waals surface area contributed by atoms with Gasteiger partial charge >= 0.3 is 0 Å². The number of benzene rings is 1. The van der Waals surface area contributed by atoms with E-state index in [-0.39, 0.29) is 5.54 Å². The molecular weight excluding hydrogens is 240 g/mol. The Hall–Kier alpha value is -0.643. The van der Waals surface area contributed by atoms with Crippen LogP contribution < -0.4 is 5.19 Å². The minimum atomic E-state index is -1.81. The van der Waals surface area contributed by atoms with Gasteiger partial charge in [-0.2, -0.15) is 0 Å². The van der Waals surface area contributed by atoms with Crippen molar-refractivity contribution in [2.24, 2.45) is 5.92 Å². The highest BCUT2D eigenvalue weighted by molar-refractivity contribution is 6.91. The zero-order valence-electron chi connectivity index (χ0n) is 12.1. The van der Waals surface area contributed by atoms with E-state index in [0.717, 1.165) is 0 Å². The molecule has 1 rings (SSSR count). The molecule has 0 aliphatic carbocycles. The molecule has 0 radical (unpaired) electrons. The van der Waals surface area contributed by atoms with Crippen molar-refractivity contribution in [3.05, 3.63) is 30.3 Å². The van der Waals surface area contributed by atoms with E-state index in [1.54, 1.807) is 6.92 Å². The van der Waals surface area contributed by atoms with Crippen LogP contribution in [0.2, 0.25) is 18.6 Å². The normalized spacial score (nSPS) is 17.6. The summed E-state index contributed by atoms with van der Waals surface area (Å²) in [6.07, 6.45) is -1.32. The highest BCUT2D eigenvalue weighted by Crippen LogP contribution is 2.34. The van der Waals surface area contributed by atoms with Gasteiger partial charge in [-0.15, -0.1) is 0 Å². The molecule has 2 N–H and O–H groups in total. The van der Waals surface area contributed by atoms with Gasteiger partial charge in [-0.05, 0) is 18.4 Å². The molecule has 0 aromatic heterocycles. The van der Waals surface area contributed by atoms with Gasteiger partial charge in [0, 0.05) is 0 Å². The second kappa shape index (κ2) is 6.00. The highest BCUT2D eigenvalue weighted by Gasteiger charge is 2.41. The topological polar surface area (TPSA) is 40.5 Å². The summed E-state index contributed by atoms with van der Waals surface area (Å²) in [5, 5.41) is 21.4. The first-order valence-electron chi connectivity index (χ1n) is 6.70. The van der Waals surface area contributed by atoms with Gasteiger partial charge in [0.15, 0.2) is 0 Å². The van der Waals surface area contributed by atoms with E-state index in [4.69, 9.17) is 0 Å². The van der Waals surface area contributed by atoms with Crippen LogP contribution in [-0.2, 0) is 0 Å². The van der Waals surface area contributed by atoms with E-state index in [2.05, 4.69) is 51.2 Å². The smallest absolute Gasteiger partial charge is 0.0865 e. The quantitative estimate of drug-likeness (QED) is 0.803. The first-order chi connectivity index (χ1) is 8.28. The summed E-state index contributed by atoms with van der Waals surface area (Å²) in [7, 11) is -1.81. The van der Waals surface area contributed by atoms with E-state index >= 15 is 0 Å². The van der Waals surface area contributed by atoms with E-state index in [0.29, 0.717) is 5.92 Å². The molecule has 102 valence electrons. The fourth-order valence-electron chi connectivity index (χ4n) is 3.01. The molecular formula is C15H26O2Si. The third kappa shape index (κ3) is 3.22. The van der Waals surface area contributed by atoms with Crippen molar-refractivity contribution in [3.63, 3.8) is 0 Å². The SMILES string of the molecule is CC(C)[C@@H]([C@H](O)[C@@H](C)O)[Si](C)(C)c1ccccc1. The lowest BCUT2D eigenvalue weighted by Crippen LogP contribution is -2.53. The Balaban J connectivity index is 3.12. The van der Waals surface area contributed by atoms with Gasteiger partial charge in [0.05, 0.1) is 20.3 Å². The van der Waals surface area contributed by atoms with Gasteiger partial charge in [-0.1, -0.05) is 62.5 Å². The zero-order valence-corrected chi connectivity index (χ0v) is 13.1. The third-order valence-corrected chi connectivity index (χ3v) is 8.43. The molecule has 0 bridgehead atoms. The van der Waals surface area contributed by atoms with Gasteiger partial charge in [-0.3, -0.25) is 0 Å². The van der Waals surface area contributed by atoms with Gasteiger partial charge in [0.2, 0.25) is 0 Å². The molecule has 0 heterocycles. The van der Waals surface area contributed by atoms with E-state index in [9.17, 15) is 10.2 Å². The van der Waals surface area contributed by atoms with E-state index < -0.39 is 20.3 Å². The molecule has 18 heavy (non-hydrogen) atoms. The number of aliphatic hydroxyl groups excluding tert-OH is 2. The molecule has 0 aliphatic heterocycles. The van der Waals surface area contributed by atoms with Crippen molar-refractivity contribution in [2.75, 3.05) is 0 Å². The average Bonchev–Trinajstić information content (AvgIpc) is 2.29. The summed E-state index contributed by atoms with van der Waals surface area (Å²) in [5.74, 6) is 0.358. The van der Waals surface area contributed by atoms with Crippen molar-refractivity contribution in [1.29, 1.82) is 0 Å². The fraction of sp³-hybridized carbons (Fsp3) is 0.600. The Morgan fingerprint density at radius 3 is 1.83 bits per heavy atom. The number of hydrogen-bond donors (Lipinski definition) is 2. The summed E-state index contributed by atoms with van der Waals surface area (Å²) in [4.78, 5) is 0. The van der Waals surface area contributed by atoms with Crippen LogP contribution in [-0.4, -0.2) is 30.5 Å². The third-order valence-electron chi connectivity index (χ3n) is 3.93. The van der Waals surface area contributed by atoms with Crippen molar-refractivity contribution in [1.82, 2.24) is 0 Å². The Kier molecular flexibility index (Phi) is 5.14. The molecule has 3 heteroatoms. The van der Waals surface area contributed by atoms with Crippen LogP contribution in [0.5, 0.6) is 0 Å². The van der Waals surface area contributed by atoms with Crippen LogP contribution in [0.4, 0.5) is 0 Å². The Morgan fingerprint density at radius 1 is 0.944 bits per heavy atom. The molecule has 3 atom stereocenters. The van der Waals surface area contributed by atoms with Crippen molar-refractivity contribution in [3.8, 4) is 0 Å². The molecule has 1 aromatic carbocycles. The van der Waals surface area contributed by atoms with Crippen LogP contribution in [0.1, 0.15) is 20.8 Å². The lowest BCUT2D eigenvalue weighted by atomic mass is 10.0. The molecule has 0 amide bonds. The molecule has 0 aliphatic rings. The molecule has 0 saturated carbocycles. The molecule has 0 spiro atoms. The fourth-order valence-corrected chi connectivity index (χ4v) is 7.25. The van der Waals surface area contributed by atoms with Gasteiger partial charge in [0.25, 0.3) is 0 Å².